The van der Waals surface area contributed by atoms with Gasteiger partial charge in [0, 0.05) is 6.08 Å². The summed E-state index contributed by atoms with van der Waals surface area (Å²) in [6.07, 6.45) is 2.79. The Bertz CT molecular complexity index is 387. The molecular formula is C12H12Cl2O2. The summed E-state index contributed by atoms with van der Waals surface area (Å²) in [5, 5.41) is 1.14. The zero-order chi connectivity index (χ0) is 12.6. The van der Waals surface area contributed by atoms with Gasteiger partial charge in [0.25, 0.3) is 0 Å². The van der Waals surface area contributed by atoms with Crippen molar-refractivity contribution in [1.29, 1.82) is 0 Å². The Labute approximate surface area is 105 Å². The number of carbonyl (C=O) groups is 1. The van der Waals surface area contributed by atoms with Crippen LogP contribution in [0.3, 0.4) is 0 Å². The highest BCUT2D eigenvalue weighted by molar-refractivity contribution is 6.42. The SMILES string of the molecule is C=CC(=O)OC.C=Cc1cccc(Cl)c1Cl. The first kappa shape index (κ1) is 14.8. The minimum Gasteiger partial charge on any atom is -0.466 e. The highest BCUT2D eigenvalue weighted by Crippen LogP contribution is 2.25. The summed E-state index contributed by atoms with van der Waals surface area (Å²) in [7, 11) is 1.31. The van der Waals surface area contributed by atoms with Crippen LogP contribution in [0.15, 0.2) is 37.4 Å². The second kappa shape index (κ2) is 7.97. The van der Waals surface area contributed by atoms with Crippen molar-refractivity contribution in [3.05, 3.63) is 53.0 Å². The van der Waals surface area contributed by atoms with Crippen LogP contribution < -0.4 is 0 Å². The molecule has 1 rings (SSSR count). The summed E-state index contributed by atoms with van der Waals surface area (Å²) in [5.41, 5.74) is 0.870. The van der Waals surface area contributed by atoms with E-state index in [4.69, 9.17) is 23.2 Å². The average Bonchev–Trinajstić information content (AvgIpc) is 2.32. The van der Waals surface area contributed by atoms with Crippen LogP contribution in [-0.4, -0.2) is 13.1 Å². The van der Waals surface area contributed by atoms with Crippen molar-refractivity contribution in [2.24, 2.45) is 0 Å². The molecule has 0 aliphatic heterocycles. The molecule has 0 saturated carbocycles. The standard InChI is InChI=1S/C8H6Cl2.C4H6O2/c1-2-6-4-3-5-7(9)8(6)10;1-3-4(5)6-2/h2-5H,1H2;3H,1H2,2H3. The maximum absolute atomic E-state index is 9.84. The summed E-state index contributed by atoms with van der Waals surface area (Å²) >= 11 is 11.5. The van der Waals surface area contributed by atoms with E-state index in [-0.39, 0.29) is 0 Å². The minimum atomic E-state index is -0.394. The number of carbonyl (C=O) groups excluding carboxylic acids is 1. The van der Waals surface area contributed by atoms with Crippen molar-refractivity contribution in [1.82, 2.24) is 0 Å². The lowest BCUT2D eigenvalue weighted by Crippen LogP contribution is -1.91. The van der Waals surface area contributed by atoms with Gasteiger partial charge in [-0.05, 0) is 11.6 Å². The number of ether oxygens (including phenoxy) is 1. The van der Waals surface area contributed by atoms with Crippen LogP contribution in [0.25, 0.3) is 6.08 Å². The minimum absolute atomic E-state index is 0.394. The highest BCUT2D eigenvalue weighted by atomic mass is 35.5. The van der Waals surface area contributed by atoms with E-state index < -0.39 is 5.97 Å². The van der Waals surface area contributed by atoms with Crippen molar-refractivity contribution < 1.29 is 9.53 Å². The predicted octanol–water partition coefficient (Wildman–Crippen LogP) is 3.98. The molecule has 1 aromatic carbocycles. The third-order valence-electron chi connectivity index (χ3n) is 1.57. The Morgan fingerprint density at radius 3 is 2.31 bits per heavy atom. The maximum atomic E-state index is 9.84. The molecule has 86 valence electrons. The number of rotatable bonds is 2. The van der Waals surface area contributed by atoms with E-state index in [1.54, 1.807) is 12.1 Å². The average molecular weight is 259 g/mol. The molecule has 0 aliphatic carbocycles. The molecule has 0 bridgehead atoms. The molecule has 0 heterocycles. The fourth-order valence-corrected chi connectivity index (χ4v) is 1.15. The van der Waals surface area contributed by atoms with Crippen molar-refractivity contribution in [2.45, 2.75) is 0 Å². The smallest absolute Gasteiger partial charge is 0.329 e. The van der Waals surface area contributed by atoms with Gasteiger partial charge in [-0.25, -0.2) is 4.79 Å². The number of hydrogen-bond acceptors (Lipinski definition) is 2. The van der Waals surface area contributed by atoms with E-state index in [2.05, 4.69) is 17.9 Å². The molecule has 0 amide bonds. The first-order valence-corrected chi connectivity index (χ1v) is 5.09. The number of esters is 1. The largest absolute Gasteiger partial charge is 0.466 e. The molecule has 1 aromatic rings. The van der Waals surface area contributed by atoms with Crippen LogP contribution in [-0.2, 0) is 9.53 Å². The van der Waals surface area contributed by atoms with Crippen LogP contribution in [0.4, 0.5) is 0 Å². The molecule has 0 radical (unpaired) electrons. The Balaban J connectivity index is 0.000000325. The van der Waals surface area contributed by atoms with Gasteiger partial charge < -0.3 is 4.74 Å². The molecular weight excluding hydrogens is 247 g/mol. The molecule has 0 aliphatic rings. The van der Waals surface area contributed by atoms with Crippen molar-refractivity contribution >= 4 is 35.2 Å². The highest BCUT2D eigenvalue weighted by Gasteiger charge is 1.98. The van der Waals surface area contributed by atoms with Gasteiger partial charge in [0.05, 0.1) is 17.2 Å². The molecule has 0 spiro atoms. The fourth-order valence-electron chi connectivity index (χ4n) is 0.761. The quantitative estimate of drug-likeness (QED) is 0.593. The van der Waals surface area contributed by atoms with E-state index in [0.29, 0.717) is 10.0 Å². The molecule has 16 heavy (non-hydrogen) atoms. The summed E-state index contributed by atoms with van der Waals surface area (Å²) in [5.74, 6) is -0.394. The Hall–Kier alpha value is -1.25. The van der Waals surface area contributed by atoms with E-state index >= 15 is 0 Å². The first-order chi connectivity index (χ1) is 7.56. The summed E-state index contributed by atoms with van der Waals surface area (Å²) in [6, 6.07) is 5.45. The Morgan fingerprint density at radius 2 is 2.00 bits per heavy atom. The monoisotopic (exact) mass is 258 g/mol. The number of halogens is 2. The molecule has 0 atom stereocenters. The van der Waals surface area contributed by atoms with Crippen LogP contribution in [0.2, 0.25) is 10.0 Å². The van der Waals surface area contributed by atoms with Crippen LogP contribution >= 0.6 is 23.2 Å². The summed E-state index contributed by atoms with van der Waals surface area (Å²) in [4.78, 5) is 9.84. The van der Waals surface area contributed by atoms with E-state index in [9.17, 15) is 4.79 Å². The number of hydrogen-bond donors (Lipinski definition) is 0. The van der Waals surface area contributed by atoms with Gasteiger partial charge in [0.15, 0.2) is 0 Å². The second-order valence-corrected chi connectivity index (χ2v) is 3.36. The lowest BCUT2D eigenvalue weighted by atomic mass is 10.2. The molecule has 0 unspecified atom stereocenters. The Morgan fingerprint density at radius 1 is 1.38 bits per heavy atom. The molecule has 2 nitrogen and oxygen atoms in total. The van der Waals surface area contributed by atoms with Crippen LogP contribution in [0.5, 0.6) is 0 Å². The van der Waals surface area contributed by atoms with E-state index in [1.165, 1.54) is 7.11 Å². The van der Waals surface area contributed by atoms with Crippen LogP contribution in [0.1, 0.15) is 5.56 Å². The zero-order valence-corrected chi connectivity index (χ0v) is 10.4. The fraction of sp³-hybridized carbons (Fsp3) is 0.0833. The second-order valence-electron chi connectivity index (χ2n) is 2.57. The third kappa shape index (κ3) is 5.01. The number of methoxy groups -OCH3 is 1. The topological polar surface area (TPSA) is 26.3 Å². The first-order valence-electron chi connectivity index (χ1n) is 4.33. The predicted molar refractivity (Wildman–Crippen MR) is 68.8 cm³/mol. The van der Waals surface area contributed by atoms with Crippen molar-refractivity contribution in [2.75, 3.05) is 7.11 Å². The van der Waals surface area contributed by atoms with Crippen LogP contribution in [0, 0.1) is 0 Å². The maximum Gasteiger partial charge on any atom is 0.329 e. The lowest BCUT2D eigenvalue weighted by Gasteiger charge is -1.97. The molecule has 0 saturated heterocycles. The molecule has 0 fully saturated rings. The van der Waals surface area contributed by atoms with Gasteiger partial charge in [-0.15, -0.1) is 0 Å². The van der Waals surface area contributed by atoms with Gasteiger partial charge in [-0.2, -0.15) is 0 Å². The zero-order valence-electron chi connectivity index (χ0n) is 8.87. The van der Waals surface area contributed by atoms with Gasteiger partial charge in [-0.3, -0.25) is 0 Å². The van der Waals surface area contributed by atoms with Gasteiger partial charge in [0.2, 0.25) is 0 Å². The number of benzene rings is 1. The molecule has 4 heteroatoms. The van der Waals surface area contributed by atoms with Gasteiger partial charge in [-0.1, -0.05) is 54.6 Å². The van der Waals surface area contributed by atoms with Crippen molar-refractivity contribution in [3.63, 3.8) is 0 Å². The molecule has 0 aromatic heterocycles. The Kier molecular flexibility index (Phi) is 7.34. The van der Waals surface area contributed by atoms with Gasteiger partial charge in [0.1, 0.15) is 0 Å². The summed E-state index contributed by atoms with van der Waals surface area (Å²) < 4.78 is 4.14. The summed E-state index contributed by atoms with van der Waals surface area (Å²) in [6.45, 7) is 6.75. The molecule has 0 N–H and O–H groups in total. The lowest BCUT2D eigenvalue weighted by molar-refractivity contribution is -0.134. The van der Waals surface area contributed by atoms with E-state index in [1.807, 2.05) is 12.1 Å². The van der Waals surface area contributed by atoms with Crippen molar-refractivity contribution in [3.8, 4) is 0 Å². The normalized spacial score (nSPS) is 8.44. The van der Waals surface area contributed by atoms with Gasteiger partial charge >= 0.3 is 5.97 Å². The third-order valence-corrected chi connectivity index (χ3v) is 2.40. The van der Waals surface area contributed by atoms with E-state index in [0.717, 1.165) is 11.6 Å².